The van der Waals surface area contributed by atoms with E-state index in [-0.39, 0.29) is 5.02 Å². The minimum atomic E-state index is -0.489. The molecule has 0 spiro atoms. The van der Waals surface area contributed by atoms with E-state index < -0.39 is 5.82 Å². The van der Waals surface area contributed by atoms with Crippen LogP contribution < -0.4 is 10.6 Å². The highest BCUT2D eigenvalue weighted by Crippen LogP contribution is 2.31. The highest BCUT2D eigenvalue weighted by molar-refractivity contribution is 6.31. The molecule has 0 atom stereocenters. The van der Waals surface area contributed by atoms with Gasteiger partial charge in [-0.1, -0.05) is 11.6 Å². The third-order valence-corrected chi connectivity index (χ3v) is 3.44. The second-order valence-corrected chi connectivity index (χ2v) is 4.69. The molecule has 1 aromatic heterocycles. The quantitative estimate of drug-likeness (QED) is 0.806. The summed E-state index contributed by atoms with van der Waals surface area (Å²) >= 11 is 5.81. The molecule has 2 heterocycles. The Morgan fingerprint density at radius 1 is 1.33 bits per heavy atom. The smallest absolute Gasteiger partial charge is 0.143 e. The maximum Gasteiger partial charge on any atom is 0.143 e. The average Bonchev–Trinajstić information content (AvgIpc) is 2.80. The maximum atomic E-state index is 13.3. The topological polar surface area (TPSA) is 47.1 Å². The van der Waals surface area contributed by atoms with Gasteiger partial charge in [-0.15, -0.1) is 0 Å². The third kappa shape index (κ3) is 1.80. The van der Waals surface area contributed by atoms with Crippen LogP contribution in [0.5, 0.6) is 0 Å². The lowest BCUT2D eigenvalue weighted by Crippen LogP contribution is -2.34. The van der Waals surface area contributed by atoms with Gasteiger partial charge in [0, 0.05) is 31.5 Å². The fraction of sp³-hybridized carbons (Fsp3) is 0.250. The summed E-state index contributed by atoms with van der Waals surface area (Å²) < 4.78 is 15.4. The van der Waals surface area contributed by atoms with Gasteiger partial charge in [0.1, 0.15) is 11.6 Å². The summed E-state index contributed by atoms with van der Waals surface area (Å²) in [7, 11) is 0. The molecule has 0 aliphatic carbocycles. The van der Waals surface area contributed by atoms with Gasteiger partial charge >= 0.3 is 0 Å². The van der Waals surface area contributed by atoms with Crippen molar-refractivity contribution in [3.05, 3.63) is 41.2 Å². The monoisotopic (exact) mass is 266 g/mol. The summed E-state index contributed by atoms with van der Waals surface area (Å²) in [5.74, 6) is 0.484. The molecule has 0 amide bonds. The zero-order chi connectivity index (χ0) is 12.7. The number of halogens is 2. The summed E-state index contributed by atoms with van der Waals surface area (Å²) in [6.45, 7) is 2.29. The van der Waals surface area contributed by atoms with E-state index in [1.807, 2.05) is 6.20 Å². The highest BCUT2D eigenvalue weighted by Gasteiger charge is 2.19. The van der Waals surface area contributed by atoms with Crippen molar-refractivity contribution in [2.45, 2.75) is 13.1 Å². The first-order valence-electron chi connectivity index (χ1n) is 5.64. The van der Waals surface area contributed by atoms with Crippen LogP contribution in [0.15, 0.2) is 24.5 Å². The number of benzene rings is 1. The van der Waals surface area contributed by atoms with Gasteiger partial charge in [-0.05, 0) is 6.07 Å². The molecule has 1 aliphatic heterocycles. The molecule has 0 unspecified atom stereocenters. The number of aromatic nitrogens is 2. The van der Waals surface area contributed by atoms with Crippen molar-refractivity contribution in [1.29, 1.82) is 0 Å². The first-order valence-corrected chi connectivity index (χ1v) is 6.02. The molecule has 1 aromatic carbocycles. The van der Waals surface area contributed by atoms with Crippen LogP contribution in [0.3, 0.4) is 0 Å². The van der Waals surface area contributed by atoms with Gasteiger partial charge in [-0.3, -0.25) is 0 Å². The van der Waals surface area contributed by atoms with Crippen LogP contribution in [0.2, 0.25) is 5.02 Å². The molecule has 94 valence electrons. The van der Waals surface area contributed by atoms with Crippen molar-refractivity contribution < 1.29 is 4.39 Å². The Kier molecular flexibility index (Phi) is 2.63. The van der Waals surface area contributed by atoms with Gasteiger partial charge in [0.05, 0.1) is 22.9 Å². The minimum Gasteiger partial charge on any atom is -0.397 e. The van der Waals surface area contributed by atoms with E-state index in [2.05, 4.69) is 14.5 Å². The van der Waals surface area contributed by atoms with Crippen molar-refractivity contribution in [3.8, 4) is 0 Å². The second kappa shape index (κ2) is 4.17. The predicted octanol–water partition coefficient (Wildman–Crippen LogP) is 2.28. The number of anilines is 2. The number of nitrogen functional groups attached to an aromatic ring is 1. The molecule has 0 fully saturated rings. The van der Waals surface area contributed by atoms with Gasteiger partial charge in [-0.25, -0.2) is 9.37 Å². The first kappa shape index (κ1) is 11.3. The molecular weight excluding hydrogens is 255 g/mol. The van der Waals surface area contributed by atoms with Crippen LogP contribution in [-0.2, 0) is 13.1 Å². The zero-order valence-electron chi connectivity index (χ0n) is 9.61. The van der Waals surface area contributed by atoms with Crippen molar-refractivity contribution >= 4 is 23.0 Å². The van der Waals surface area contributed by atoms with Crippen LogP contribution in [0.25, 0.3) is 0 Å². The summed E-state index contributed by atoms with van der Waals surface area (Å²) in [5.41, 5.74) is 7.01. The molecule has 6 heteroatoms. The number of nitrogens with two attached hydrogens (primary N) is 1. The van der Waals surface area contributed by atoms with Crippen LogP contribution in [0, 0.1) is 5.82 Å². The number of fused-ring (bicyclic) bond motifs is 1. The number of nitrogens with zero attached hydrogens (tertiary/aromatic N) is 3. The molecule has 18 heavy (non-hydrogen) atoms. The SMILES string of the molecule is Nc1cc(F)c(Cl)cc1N1CCn2ccnc2C1. The van der Waals surface area contributed by atoms with Crippen LogP contribution in [-0.4, -0.2) is 16.1 Å². The van der Waals surface area contributed by atoms with Crippen LogP contribution in [0.1, 0.15) is 5.82 Å². The molecule has 0 saturated heterocycles. The molecule has 4 nitrogen and oxygen atoms in total. The van der Waals surface area contributed by atoms with Gasteiger partial charge in [0.25, 0.3) is 0 Å². The summed E-state index contributed by atoms with van der Waals surface area (Å²) in [6.07, 6.45) is 3.73. The fourth-order valence-corrected chi connectivity index (χ4v) is 2.36. The minimum absolute atomic E-state index is 0.0908. The Morgan fingerprint density at radius 2 is 2.17 bits per heavy atom. The number of hydrogen-bond donors (Lipinski definition) is 1. The van der Waals surface area contributed by atoms with Gasteiger partial charge in [0.2, 0.25) is 0 Å². The van der Waals surface area contributed by atoms with Gasteiger partial charge in [-0.2, -0.15) is 0 Å². The molecule has 0 radical (unpaired) electrons. The number of imidazole rings is 1. The third-order valence-electron chi connectivity index (χ3n) is 3.16. The van der Waals surface area contributed by atoms with E-state index >= 15 is 0 Å². The Labute approximate surface area is 109 Å². The number of rotatable bonds is 1. The van der Waals surface area contributed by atoms with Crippen molar-refractivity contribution in [1.82, 2.24) is 9.55 Å². The van der Waals surface area contributed by atoms with E-state index in [0.29, 0.717) is 12.2 Å². The van der Waals surface area contributed by atoms with Crippen molar-refractivity contribution in [2.75, 3.05) is 17.2 Å². The fourth-order valence-electron chi connectivity index (χ4n) is 2.20. The lowest BCUT2D eigenvalue weighted by molar-refractivity contribution is 0.560. The van der Waals surface area contributed by atoms with E-state index in [1.165, 1.54) is 6.07 Å². The Bertz CT molecular complexity index is 596. The number of hydrogen-bond acceptors (Lipinski definition) is 3. The molecule has 0 bridgehead atoms. The van der Waals surface area contributed by atoms with E-state index in [4.69, 9.17) is 17.3 Å². The Morgan fingerprint density at radius 3 is 3.00 bits per heavy atom. The average molecular weight is 267 g/mol. The largest absolute Gasteiger partial charge is 0.397 e. The standard InChI is InChI=1S/C12H12ClFN4/c13-8-5-11(10(15)6-9(8)14)18-4-3-17-2-1-16-12(17)7-18/h1-2,5-6H,3-4,7,15H2. The summed E-state index contributed by atoms with van der Waals surface area (Å²) in [5, 5.41) is 0.0908. The Balaban J connectivity index is 1.95. The molecule has 1 aliphatic rings. The molecular formula is C12H12ClFN4. The van der Waals surface area contributed by atoms with Crippen LogP contribution in [0.4, 0.5) is 15.8 Å². The second-order valence-electron chi connectivity index (χ2n) is 4.28. The van der Waals surface area contributed by atoms with E-state index in [0.717, 1.165) is 24.6 Å². The zero-order valence-corrected chi connectivity index (χ0v) is 10.4. The van der Waals surface area contributed by atoms with Crippen molar-refractivity contribution in [2.24, 2.45) is 0 Å². The highest BCUT2D eigenvalue weighted by atomic mass is 35.5. The maximum absolute atomic E-state index is 13.3. The Hall–Kier alpha value is -1.75. The predicted molar refractivity (Wildman–Crippen MR) is 69.1 cm³/mol. The summed E-state index contributed by atoms with van der Waals surface area (Å²) in [4.78, 5) is 6.33. The van der Waals surface area contributed by atoms with E-state index in [1.54, 1.807) is 12.3 Å². The molecule has 0 saturated carbocycles. The first-order chi connectivity index (χ1) is 8.65. The molecule has 2 aromatic rings. The van der Waals surface area contributed by atoms with Gasteiger partial charge in [0.15, 0.2) is 0 Å². The lowest BCUT2D eigenvalue weighted by Gasteiger charge is -2.30. The molecule has 2 N–H and O–H groups in total. The van der Waals surface area contributed by atoms with E-state index in [9.17, 15) is 4.39 Å². The van der Waals surface area contributed by atoms with Crippen molar-refractivity contribution in [3.63, 3.8) is 0 Å². The van der Waals surface area contributed by atoms with Gasteiger partial charge < -0.3 is 15.2 Å². The summed E-state index contributed by atoms with van der Waals surface area (Å²) in [6, 6.07) is 2.84. The normalized spacial score (nSPS) is 14.7. The van der Waals surface area contributed by atoms with Crippen LogP contribution >= 0.6 is 11.6 Å². The molecule has 3 rings (SSSR count). The lowest BCUT2D eigenvalue weighted by atomic mass is 10.2.